The second-order valence-electron chi connectivity index (χ2n) is 5.68. The van der Waals surface area contributed by atoms with Gasteiger partial charge in [0.1, 0.15) is 10.7 Å². The number of ether oxygens (including phenoxy) is 2. The van der Waals surface area contributed by atoms with Crippen molar-refractivity contribution in [3.05, 3.63) is 17.9 Å². The van der Waals surface area contributed by atoms with Crippen molar-refractivity contribution in [2.24, 2.45) is 5.73 Å². The van der Waals surface area contributed by atoms with Crippen LogP contribution in [0.2, 0.25) is 0 Å². The first-order valence-corrected chi connectivity index (χ1v) is 8.96. The third-order valence-electron chi connectivity index (χ3n) is 4.13. The highest BCUT2D eigenvalue weighted by molar-refractivity contribution is 7.89. The summed E-state index contributed by atoms with van der Waals surface area (Å²) in [5, 5.41) is 0. The molecule has 9 heteroatoms. The van der Waals surface area contributed by atoms with Gasteiger partial charge >= 0.3 is 0 Å². The van der Waals surface area contributed by atoms with E-state index >= 15 is 0 Å². The van der Waals surface area contributed by atoms with Crippen molar-refractivity contribution in [2.45, 2.75) is 43.2 Å². The molecule has 0 saturated carbocycles. The number of nitrogens with two attached hydrogens (primary N) is 1. The summed E-state index contributed by atoms with van der Waals surface area (Å²) in [5.74, 6) is -0.551. The van der Waals surface area contributed by atoms with Gasteiger partial charge in [-0.05, 0) is 19.8 Å². The molecular formula is C15H24ClFN2O4S. The first-order valence-electron chi connectivity index (χ1n) is 7.52. The van der Waals surface area contributed by atoms with Crippen LogP contribution >= 0.6 is 12.4 Å². The molecule has 2 N–H and O–H groups in total. The van der Waals surface area contributed by atoms with Gasteiger partial charge in [0.2, 0.25) is 10.0 Å². The SMILES string of the molecule is COc1cc(F)c(S(=O)(=O)N2CCCCC2C(C)N)cc1OC.Cl. The zero-order valence-electron chi connectivity index (χ0n) is 14.0. The Kier molecular flexibility index (Phi) is 7.27. The van der Waals surface area contributed by atoms with Crippen molar-refractivity contribution in [1.82, 2.24) is 4.31 Å². The zero-order valence-corrected chi connectivity index (χ0v) is 15.6. The summed E-state index contributed by atoms with van der Waals surface area (Å²) < 4.78 is 51.6. The van der Waals surface area contributed by atoms with Gasteiger partial charge < -0.3 is 15.2 Å². The van der Waals surface area contributed by atoms with E-state index in [1.54, 1.807) is 6.92 Å². The normalized spacial score (nSPS) is 20.1. The molecule has 138 valence electrons. The van der Waals surface area contributed by atoms with Crippen LogP contribution in [0.15, 0.2) is 17.0 Å². The van der Waals surface area contributed by atoms with Gasteiger partial charge in [0.25, 0.3) is 0 Å². The topological polar surface area (TPSA) is 81.9 Å². The molecule has 0 aliphatic carbocycles. The van der Waals surface area contributed by atoms with Crippen molar-refractivity contribution in [3.8, 4) is 11.5 Å². The summed E-state index contributed by atoms with van der Waals surface area (Å²) in [7, 11) is -1.27. The Morgan fingerprint density at radius 3 is 2.38 bits per heavy atom. The fraction of sp³-hybridized carbons (Fsp3) is 0.600. The largest absolute Gasteiger partial charge is 0.493 e. The first kappa shape index (κ1) is 21.0. The van der Waals surface area contributed by atoms with Crippen LogP contribution in [0.3, 0.4) is 0 Å². The molecule has 24 heavy (non-hydrogen) atoms. The molecule has 1 aliphatic rings. The summed E-state index contributed by atoms with van der Waals surface area (Å²) in [4.78, 5) is -0.414. The van der Waals surface area contributed by atoms with Crippen molar-refractivity contribution < 1.29 is 22.3 Å². The van der Waals surface area contributed by atoms with Crippen molar-refractivity contribution in [2.75, 3.05) is 20.8 Å². The van der Waals surface area contributed by atoms with Crippen LogP contribution in [-0.4, -0.2) is 45.6 Å². The average molecular weight is 383 g/mol. The minimum Gasteiger partial charge on any atom is -0.493 e. The van der Waals surface area contributed by atoms with E-state index in [9.17, 15) is 12.8 Å². The summed E-state index contributed by atoms with van der Waals surface area (Å²) in [6, 6.07) is 1.53. The van der Waals surface area contributed by atoms with Gasteiger partial charge in [-0.15, -0.1) is 12.4 Å². The Morgan fingerprint density at radius 1 is 1.25 bits per heavy atom. The minimum atomic E-state index is -4.00. The molecule has 2 rings (SSSR count). The van der Waals surface area contributed by atoms with Gasteiger partial charge in [-0.2, -0.15) is 4.31 Å². The van der Waals surface area contributed by atoms with Crippen LogP contribution in [0.25, 0.3) is 0 Å². The van der Waals surface area contributed by atoms with E-state index in [0.29, 0.717) is 13.0 Å². The number of rotatable bonds is 5. The lowest BCUT2D eigenvalue weighted by Gasteiger charge is -2.37. The maximum Gasteiger partial charge on any atom is 0.246 e. The Bertz CT molecular complexity index is 670. The van der Waals surface area contributed by atoms with Gasteiger partial charge in [0, 0.05) is 30.8 Å². The number of nitrogens with zero attached hydrogens (tertiary/aromatic N) is 1. The number of halogens is 2. The molecule has 1 aromatic rings. The van der Waals surface area contributed by atoms with Crippen LogP contribution < -0.4 is 15.2 Å². The van der Waals surface area contributed by atoms with Crippen molar-refractivity contribution >= 4 is 22.4 Å². The third kappa shape index (κ3) is 3.93. The Morgan fingerprint density at radius 2 is 1.83 bits per heavy atom. The first-order chi connectivity index (χ1) is 10.8. The van der Waals surface area contributed by atoms with Crippen LogP contribution in [-0.2, 0) is 10.0 Å². The number of benzene rings is 1. The van der Waals surface area contributed by atoms with E-state index in [-0.39, 0.29) is 36.0 Å². The lowest BCUT2D eigenvalue weighted by molar-refractivity contribution is 0.226. The number of piperidine rings is 1. The van der Waals surface area contributed by atoms with Crippen LogP contribution in [0, 0.1) is 5.82 Å². The molecule has 1 saturated heterocycles. The summed E-state index contributed by atoms with van der Waals surface area (Å²) in [6.07, 6.45) is 2.32. The minimum absolute atomic E-state index is 0. The summed E-state index contributed by atoms with van der Waals surface area (Å²) in [5.41, 5.74) is 5.93. The van der Waals surface area contributed by atoms with Gasteiger partial charge in [-0.3, -0.25) is 0 Å². The fourth-order valence-corrected chi connectivity index (χ4v) is 4.75. The van der Waals surface area contributed by atoms with E-state index in [4.69, 9.17) is 15.2 Å². The summed E-state index contributed by atoms with van der Waals surface area (Å²) >= 11 is 0. The van der Waals surface area contributed by atoms with Gasteiger partial charge in [0.15, 0.2) is 11.5 Å². The molecule has 0 amide bonds. The molecule has 0 radical (unpaired) electrons. The molecule has 1 aromatic carbocycles. The molecule has 2 atom stereocenters. The quantitative estimate of drug-likeness (QED) is 0.843. The average Bonchev–Trinajstić information content (AvgIpc) is 2.54. The zero-order chi connectivity index (χ0) is 17.2. The number of methoxy groups -OCH3 is 2. The van der Waals surface area contributed by atoms with E-state index < -0.39 is 20.7 Å². The molecule has 1 heterocycles. The number of hydrogen-bond donors (Lipinski definition) is 1. The standard InChI is InChI=1S/C15H23FN2O4S.ClH/c1-10(17)12-6-4-5-7-18(12)23(19,20)15-9-14(22-3)13(21-2)8-11(15)16;/h8-10,12H,4-7,17H2,1-3H3;1H. The molecule has 0 spiro atoms. The molecule has 0 bridgehead atoms. The number of hydrogen-bond acceptors (Lipinski definition) is 5. The molecule has 0 aromatic heterocycles. The van der Waals surface area contributed by atoms with Crippen molar-refractivity contribution in [3.63, 3.8) is 0 Å². The Labute approximate surface area is 148 Å². The van der Waals surface area contributed by atoms with Gasteiger partial charge in [0.05, 0.1) is 14.2 Å². The van der Waals surface area contributed by atoms with Gasteiger partial charge in [-0.25, -0.2) is 12.8 Å². The predicted octanol–water partition coefficient (Wildman–Crippen LogP) is 2.16. The maximum absolute atomic E-state index is 14.4. The van der Waals surface area contributed by atoms with Crippen LogP contribution in [0.4, 0.5) is 4.39 Å². The number of sulfonamides is 1. The lowest BCUT2D eigenvalue weighted by atomic mass is 10.00. The molecule has 6 nitrogen and oxygen atoms in total. The Hall–Kier alpha value is -1.09. The maximum atomic E-state index is 14.4. The fourth-order valence-electron chi connectivity index (χ4n) is 2.91. The second-order valence-corrected chi connectivity index (χ2v) is 7.53. The Balaban J connectivity index is 0.00000288. The predicted molar refractivity (Wildman–Crippen MR) is 91.9 cm³/mol. The van der Waals surface area contributed by atoms with E-state index in [2.05, 4.69) is 0 Å². The lowest BCUT2D eigenvalue weighted by Crippen LogP contribution is -2.51. The highest BCUT2D eigenvalue weighted by Crippen LogP contribution is 2.35. The monoisotopic (exact) mass is 382 g/mol. The van der Waals surface area contributed by atoms with Crippen LogP contribution in [0.1, 0.15) is 26.2 Å². The van der Waals surface area contributed by atoms with Crippen LogP contribution in [0.5, 0.6) is 11.5 Å². The van der Waals surface area contributed by atoms with E-state index in [1.807, 2.05) is 0 Å². The molecular weight excluding hydrogens is 359 g/mol. The highest BCUT2D eigenvalue weighted by atomic mass is 35.5. The van der Waals surface area contributed by atoms with E-state index in [0.717, 1.165) is 25.0 Å². The molecule has 1 aliphatic heterocycles. The highest BCUT2D eigenvalue weighted by Gasteiger charge is 2.37. The molecule has 2 unspecified atom stereocenters. The van der Waals surface area contributed by atoms with Crippen molar-refractivity contribution in [1.29, 1.82) is 0 Å². The molecule has 1 fully saturated rings. The second kappa shape index (κ2) is 8.33. The van der Waals surface area contributed by atoms with E-state index in [1.165, 1.54) is 18.5 Å². The smallest absolute Gasteiger partial charge is 0.246 e. The van der Waals surface area contributed by atoms with Gasteiger partial charge in [-0.1, -0.05) is 6.42 Å². The third-order valence-corrected chi connectivity index (χ3v) is 6.07. The summed E-state index contributed by atoms with van der Waals surface area (Å²) in [6.45, 7) is 2.10.